The minimum absolute atomic E-state index is 0.0350. The Morgan fingerprint density at radius 3 is 2.59 bits per heavy atom. The standard InChI is InChI=1S/C19H14ClF3N4O2/c20-17-15(10-3-5-11(21)6-4-10)27-18(24)12(26-17)7-8-13(28)16-14(29-19(22)23)2-1-9-25-16/h1-6,9,19H,7-8H2,(H2,24,27). The summed E-state index contributed by atoms with van der Waals surface area (Å²) in [5, 5.41) is 0.0350. The van der Waals surface area contributed by atoms with Crippen molar-refractivity contribution < 1.29 is 22.7 Å². The summed E-state index contributed by atoms with van der Waals surface area (Å²) in [6.45, 7) is -3.08. The van der Waals surface area contributed by atoms with E-state index in [0.29, 0.717) is 5.56 Å². The number of rotatable bonds is 7. The SMILES string of the molecule is Nc1nc(-c2ccc(F)cc2)c(Cl)nc1CCC(=O)c1ncccc1OC(F)F. The van der Waals surface area contributed by atoms with Crippen LogP contribution in [0.1, 0.15) is 22.6 Å². The molecule has 150 valence electrons. The van der Waals surface area contributed by atoms with Crippen LogP contribution in [-0.4, -0.2) is 27.3 Å². The van der Waals surface area contributed by atoms with Crippen molar-refractivity contribution in [3.8, 4) is 17.0 Å². The van der Waals surface area contributed by atoms with Crippen molar-refractivity contribution in [1.82, 2.24) is 15.0 Å². The minimum Gasteiger partial charge on any atom is -0.432 e. The number of nitrogens with zero attached hydrogens (tertiary/aromatic N) is 3. The zero-order chi connectivity index (χ0) is 21.0. The molecule has 0 amide bonds. The Kier molecular flexibility index (Phi) is 6.28. The molecule has 0 bridgehead atoms. The third-order valence-corrected chi connectivity index (χ3v) is 4.18. The number of Topliss-reactive ketones (excluding diaryl/α,β-unsaturated/α-hetero) is 1. The Labute approximate surface area is 168 Å². The number of halogens is 4. The first kappa shape index (κ1) is 20.5. The van der Waals surface area contributed by atoms with E-state index in [1.165, 1.54) is 42.6 Å². The second kappa shape index (κ2) is 8.87. The van der Waals surface area contributed by atoms with Crippen molar-refractivity contribution in [3.63, 3.8) is 0 Å². The quantitative estimate of drug-likeness (QED) is 0.570. The number of ether oxygens (including phenoxy) is 1. The third kappa shape index (κ3) is 5.00. The van der Waals surface area contributed by atoms with E-state index in [1.54, 1.807) is 0 Å². The van der Waals surface area contributed by atoms with Gasteiger partial charge in [-0.25, -0.2) is 19.3 Å². The summed E-state index contributed by atoms with van der Waals surface area (Å²) in [6.07, 6.45) is 1.24. The summed E-state index contributed by atoms with van der Waals surface area (Å²) in [5.41, 5.74) is 6.77. The fourth-order valence-electron chi connectivity index (χ4n) is 2.58. The second-order valence-corrected chi connectivity index (χ2v) is 6.21. The van der Waals surface area contributed by atoms with Crippen LogP contribution in [0.4, 0.5) is 19.0 Å². The van der Waals surface area contributed by atoms with Crippen molar-refractivity contribution in [2.45, 2.75) is 19.5 Å². The molecule has 2 aromatic heterocycles. The monoisotopic (exact) mass is 422 g/mol. The van der Waals surface area contributed by atoms with Crippen LogP contribution in [-0.2, 0) is 6.42 Å². The molecule has 10 heteroatoms. The van der Waals surface area contributed by atoms with Gasteiger partial charge in [0.05, 0.1) is 5.69 Å². The van der Waals surface area contributed by atoms with Crippen molar-refractivity contribution in [3.05, 3.63) is 65.0 Å². The van der Waals surface area contributed by atoms with Crippen molar-refractivity contribution in [1.29, 1.82) is 0 Å². The smallest absolute Gasteiger partial charge is 0.387 e. The van der Waals surface area contributed by atoms with E-state index >= 15 is 0 Å². The van der Waals surface area contributed by atoms with E-state index in [4.69, 9.17) is 17.3 Å². The normalized spacial score (nSPS) is 10.9. The van der Waals surface area contributed by atoms with Gasteiger partial charge in [-0.3, -0.25) is 4.79 Å². The van der Waals surface area contributed by atoms with Crippen LogP contribution in [0.3, 0.4) is 0 Å². The molecule has 29 heavy (non-hydrogen) atoms. The molecular formula is C19H14ClF3N4O2. The number of ketones is 1. The molecule has 0 atom stereocenters. The summed E-state index contributed by atoms with van der Waals surface area (Å²) >= 11 is 6.17. The van der Waals surface area contributed by atoms with Gasteiger partial charge in [0.2, 0.25) is 0 Å². The third-order valence-electron chi connectivity index (χ3n) is 3.91. The first-order valence-corrected chi connectivity index (χ1v) is 8.74. The lowest BCUT2D eigenvalue weighted by Gasteiger charge is -2.10. The Bertz CT molecular complexity index is 1030. The summed E-state index contributed by atoms with van der Waals surface area (Å²) in [4.78, 5) is 24.6. The number of anilines is 1. The first-order valence-electron chi connectivity index (χ1n) is 8.36. The van der Waals surface area contributed by atoms with E-state index in [0.717, 1.165) is 0 Å². The van der Waals surface area contributed by atoms with E-state index in [2.05, 4.69) is 19.7 Å². The number of carbonyl (C=O) groups is 1. The predicted molar refractivity (Wildman–Crippen MR) is 100 cm³/mol. The number of carbonyl (C=O) groups excluding carboxylic acids is 1. The van der Waals surface area contributed by atoms with Gasteiger partial charge >= 0.3 is 6.61 Å². The number of hydrogen-bond acceptors (Lipinski definition) is 6. The first-order chi connectivity index (χ1) is 13.8. The summed E-state index contributed by atoms with van der Waals surface area (Å²) in [5.74, 6) is -1.20. The largest absolute Gasteiger partial charge is 0.432 e. The molecule has 0 radical (unpaired) electrons. The molecule has 0 aliphatic carbocycles. The highest BCUT2D eigenvalue weighted by atomic mass is 35.5. The molecule has 0 saturated carbocycles. The van der Waals surface area contributed by atoms with Crippen LogP contribution in [0, 0.1) is 5.82 Å². The fourth-order valence-corrected chi connectivity index (χ4v) is 2.83. The van der Waals surface area contributed by atoms with Gasteiger partial charge in [0.25, 0.3) is 0 Å². The molecule has 2 heterocycles. The summed E-state index contributed by atoms with van der Waals surface area (Å²) in [6, 6.07) is 8.09. The molecule has 0 aliphatic rings. The summed E-state index contributed by atoms with van der Waals surface area (Å²) in [7, 11) is 0. The van der Waals surface area contributed by atoms with E-state index in [9.17, 15) is 18.0 Å². The highest BCUT2D eigenvalue weighted by Gasteiger charge is 2.19. The number of nitrogen functional groups attached to an aromatic ring is 1. The number of alkyl halides is 2. The number of nitrogens with two attached hydrogens (primary N) is 1. The predicted octanol–water partition coefficient (Wildman–Crippen LogP) is 4.33. The van der Waals surface area contributed by atoms with Crippen molar-refractivity contribution >= 4 is 23.2 Å². The van der Waals surface area contributed by atoms with Crippen molar-refractivity contribution in [2.75, 3.05) is 5.73 Å². The molecule has 1 aromatic carbocycles. The van der Waals surface area contributed by atoms with Crippen molar-refractivity contribution in [2.24, 2.45) is 0 Å². The zero-order valence-corrected chi connectivity index (χ0v) is 15.5. The van der Waals surface area contributed by atoms with Crippen LogP contribution in [0.25, 0.3) is 11.3 Å². The van der Waals surface area contributed by atoms with E-state index in [-0.39, 0.29) is 46.6 Å². The van der Waals surface area contributed by atoms with Crippen LogP contribution >= 0.6 is 11.6 Å². The molecule has 3 aromatic rings. The Hall–Kier alpha value is -3.20. The van der Waals surface area contributed by atoms with E-state index in [1.807, 2.05) is 0 Å². The average Bonchev–Trinajstić information content (AvgIpc) is 2.69. The molecule has 0 aliphatic heterocycles. The van der Waals surface area contributed by atoms with Gasteiger partial charge in [0, 0.05) is 24.6 Å². The van der Waals surface area contributed by atoms with Crippen LogP contribution < -0.4 is 10.5 Å². The van der Waals surface area contributed by atoms with Gasteiger partial charge in [-0.15, -0.1) is 0 Å². The maximum Gasteiger partial charge on any atom is 0.387 e. The highest BCUT2D eigenvalue weighted by molar-refractivity contribution is 6.31. The molecule has 2 N–H and O–H groups in total. The summed E-state index contributed by atoms with van der Waals surface area (Å²) < 4.78 is 42.4. The van der Waals surface area contributed by atoms with Gasteiger partial charge < -0.3 is 10.5 Å². The maximum atomic E-state index is 13.1. The average molecular weight is 423 g/mol. The Balaban J connectivity index is 1.77. The van der Waals surface area contributed by atoms with Gasteiger partial charge in [-0.05, 0) is 36.4 Å². The van der Waals surface area contributed by atoms with Gasteiger partial charge in [0.1, 0.15) is 23.0 Å². The number of aromatic nitrogens is 3. The molecule has 3 rings (SSSR count). The molecule has 0 saturated heterocycles. The molecule has 6 nitrogen and oxygen atoms in total. The number of hydrogen-bond donors (Lipinski definition) is 1. The number of aryl methyl sites for hydroxylation is 1. The lowest BCUT2D eigenvalue weighted by Crippen LogP contribution is -2.11. The number of pyridine rings is 1. The maximum absolute atomic E-state index is 13.1. The van der Waals surface area contributed by atoms with Gasteiger partial charge in [0.15, 0.2) is 16.7 Å². The lowest BCUT2D eigenvalue weighted by atomic mass is 10.1. The van der Waals surface area contributed by atoms with Crippen LogP contribution in [0.2, 0.25) is 5.15 Å². The second-order valence-electron chi connectivity index (χ2n) is 5.85. The molecular weight excluding hydrogens is 409 g/mol. The Morgan fingerprint density at radius 2 is 1.90 bits per heavy atom. The molecule has 0 unspecified atom stereocenters. The highest BCUT2D eigenvalue weighted by Crippen LogP contribution is 2.27. The van der Waals surface area contributed by atoms with Gasteiger partial charge in [-0.1, -0.05) is 11.6 Å². The van der Waals surface area contributed by atoms with Crippen LogP contribution in [0.15, 0.2) is 42.6 Å². The zero-order valence-electron chi connectivity index (χ0n) is 14.8. The topological polar surface area (TPSA) is 91.0 Å². The van der Waals surface area contributed by atoms with Crippen LogP contribution in [0.5, 0.6) is 5.75 Å². The molecule has 0 spiro atoms. The number of benzene rings is 1. The Morgan fingerprint density at radius 1 is 1.17 bits per heavy atom. The lowest BCUT2D eigenvalue weighted by molar-refractivity contribution is -0.0504. The molecule has 0 fully saturated rings. The fraction of sp³-hybridized carbons (Fsp3) is 0.158. The van der Waals surface area contributed by atoms with E-state index < -0.39 is 18.2 Å². The minimum atomic E-state index is -3.08. The van der Waals surface area contributed by atoms with Gasteiger partial charge in [-0.2, -0.15) is 8.78 Å².